The molecule has 9 nitrogen and oxygen atoms in total. The monoisotopic (exact) mass is 571 g/mol. The number of hydrogen-bond acceptors (Lipinski definition) is 7. The molecule has 2 amide bonds. The number of aliphatic hydroxyl groups excluding tert-OH is 1. The summed E-state index contributed by atoms with van der Waals surface area (Å²) in [5.74, 6) is 0.575. The zero-order chi connectivity index (χ0) is 29.5. The van der Waals surface area contributed by atoms with Crippen LogP contribution in [0.25, 0.3) is 0 Å². The van der Waals surface area contributed by atoms with Crippen molar-refractivity contribution in [3.63, 3.8) is 0 Å². The second-order valence-corrected chi connectivity index (χ2v) is 10.9. The van der Waals surface area contributed by atoms with Crippen molar-refractivity contribution in [3.8, 4) is 5.75 Å². The van der Waals surface area contributed by atoms with E-state index in [0.717, 1.165) is 60.0 Å². The summed E-state index contributed by atoms with van der Waals surface area (Å²) in [5.41, 5.74) is 5.10. The van der Waals surface area contributed by atoms with E-state index in [-0.39, 0.29) is 11.8 Å². The summed E-state index contributed by atoms with van der Waals surface area (Å²) in [4.78, 5) is 30.6. The molecule has 0 radical (unpaired) electrons. The number of rotatable bonds is 12. The van der Waals surface area contributed by atoms with Crippen molar-refractivity contribution in [2.24, 2.45) is 0 Å². The lowest BCUT2D eigenvalue weighted by atomic mass is 9.99. The highest BCUT2D eigenvalue weighted by molar-refractivity contribution is 6.05. The number of carbonyl (C=O) groups excluding carboxylic acids is 2. The van der Waals surface area contributed by atoms with Crippen LogP contribution < -0.4 is 30.5 Å². The predicted octanol–water partition coefficient (Wildman–Crippen LogP) is 3.57. The van der Waals surface area contributed by atoms with E-state index in [9.17, 15) is 14.7 Å². The van der Waals surface area contributed by atoms with Crippen molar-refractivity contribution < 1.29 is 19.4 Å². The number of nitrogens with zero attached hydrogens (tertiary/aromatic N) is 2. The number of carbonyl (C=O) groups is 2. The smallest absolute Gasteiger partial charge is 0.251 e. The van der Waals surface area contributed by atoms with E-state index < -0.39 is 12.1 Å². The Morgan fingerprint density at radius 1 is 1.05 bits per heavy atom. The van der Waals surface area contributed by atoms with Crippen molar-refractivity contribution in [2.45, 2.75) is 44.9 Å². The first kappa shape index (κ1) is 29.4. The molecule has 222 valence electrons. The number of likely N-dealkylation sites (N-methyl/N-ethyl adjacent to an activating group) is 1. The fraction of sp³-hybridized carbons (Fsp3) is 0.394. The van der Waals surface area contributed by atoms with E-state index in [0.29, 0.717) is 38.0 Å². The van der Waals surface area contributed by atoms with Crippen molar-refractivity contribution in [2.75, 3.05) is 55.0 Å². The van der Waals surface area contributed by atoms with Crippen molar-refractivity contribution in [1.82, 2.24) is 10.6 Å². The van der Waals surface area contributed by atoms with Gasteiger partial charge in [-0.2, -0.15) is 0 Å². The number of amides is 2. The highest BCUT2D eigenvalue weighted by Gasteiger charge is 2.30. The first-order valence-electron chi connectivity index (χ1n) is 14.8. The van der Waals surface area contributed by atoms with Crippen LogP contribution in [-0.4, -0.2) is 68.9 Å². The molecule has 0 bridgehead atoms. The molecule has 2 atom stereocenters. The van der Waals surface area contributed by atoms with Crippen LogP contribution in [0.3, 0.4) is 0 Å². The maximum atomic E-state index is 13.8. The Morgan fingerprint density at radius 3 is 2.57 bits per heavy atom. The van der Waals surface area contributed by atoms with E-state index in [2.05, 4.69) is 27.8 Å². The van der Waals surface area contributed by atoms with E-state index in [4.69, 9.17) is 4.74 Å². The lowest BCUT2D eigenvalue weighted by Crippen LogP contribution is -2.48. The van der Waals surface area contributed by atoms with E-state index in [1.54, 1.807) is 12.0 Å². The number of benzene rings is 3. The zero-order valence-corrected chi connectivity index (χ0v) is 24.4. The summed E-state index contributed by atoms with van der Waals surface area (Å²) < 4.78 is 5.31. The molecule has 3 aromatic carbocycles. The van der Waals surface area contributed by atoms with Gasteiger partial charge in [-0.05, 0) is 55.2 Å². The molecule has 9 heteroatoms. The molecule has 0 aliphatic carbocycles. The van der Waals surface area contributed by atoms with Crippen molar-refractivity contribution in [3.05, 3.63) is 83.4 Å². The molecule has 4 N–H and O–H groups in total. The summed E-state index contributed by atoms with van der Waals surface area (Å²) in [6.45, 7) is 5.96. The molecular formula is C33H41N5O4. The summed E-state index contributed by atoms with van der Waals surface area (Å²) in [5, 5.41) is 21.2. The average molecular weight is 572 g/mol. The first-order chi connectivity index (χ1) is 20.5. The van der Waals surface area contributed by atoms with E-state index in [1.807, 2.05) is 66.7 Å². The molecule has 42 heavy (non-hydrogen) atoms. The van der Waals surface area contributed by atoms with E-state index in [1.165, 1.54) is 0 Å². The summed E-state index contributed by atoms with van der Waals surface area (Å²) >= 11 is 0. The van der Waals surface area contributed by atoms with Gasteiger partial charge in [-0.3, -0.25) is 9.59 Å². The standard InChI is InChI=1S/C33H41N5O4/c1-3-37-16-14-35-32-28(37)19-25(20-29(32)38-15-8-13-31(38)40)33(41)36-27(18-23-9-5-4-6-10-23)30(39)22-34-21-24-11-7-12-26(17-24)42-2/h4-7,9-12,17,19-20,27,30,34-35,39H,3,8,13-16,18,21-22H2,1-2H3,(H,36,41). The highest BCUT2D eigenvalue weighted by Crippen LogP contribution is 2.40. The Kier molecular flexibility index (Phi) is 9.61. The second kappa shape index (κ2) is 13.7. The van der Waals surface area contributed by atoms with Gasteiger partial charge in [0.15, 0.2) is 0 Å². The molecular weight excluding hydrogens is 530 g/mol. The second-order valence-electron chi connectivity index (χ2n) is 10.9. The third kappa shape index (κ3) is 6.86. The molecule has 0 aromatic heterocycles. The van der Waals surface area contributed by atoms with Gasteiger partial charge in [0.25, 0.3) is 5.91 Å². The molecule has 5 rings (SSSR count). The van der Waals surface area contributed by atoms with Crippen LogP contribution in [-0.2, 0) is 17.8 Å². The fourth-order valence-corrected chi connectivity index (χ4v) is 5.75. The number of nitrogens with one attached hydrogen (secondary N) is 3. The SMILES string of the molecule is CCN1CCNc2c1cc(C(=O)NC(Cc1ccccc1)C(O)CNCc1cccc(OC)c1)cc2N1CCCC1=O. The Labute approximate surface area is 247 Å². The summed E-state index contributed by atoms with van der Waals surface area (Å²) in [6, 6.07) is 20.8. The maximum absolute atomic E-state index is 13.8. The van der Waals surface area contributed by atoms with Gasteiger partial charge in [0.1, 0.15) is 5.75 Å². The summed E-state index contributed by atoms with van der Waals surface area (Å²) in [7, 11) is 1.64. The van der Waals surface area contributed by atoms with Crippen LogP contribution in [0.5, 0.6) is 5.75 Å². The quantitative estimate of drug-likeness (QED) is 0.263. The normalized spacial score (nSPS) is 16.0. The third-order valence-electron chi connectivity index (χ3n) is 8.03. The number of hydrogen-bond donors (Lipinski definition) is 4. The Bertz CT molecular complexity index is 1380. The third-order valence-corrected chi connectivity index (χ3v) is 8.03. The topological polar surface area (TPSA) is 106 Å². The van der Waals surface area contributed by atoms with Crippen LogP contribution >= 0.6 is 0 Å². The van der Waals surface area contributed by atoms with Gasteiger partial charge in [-0.15, -0.1) is 0 Å². The van der Waals surface area contributed by atoms with Crippen LogP contribution in [0.2, 0.25) is 0 Å². The van der Waals surface area contributed by atoms with Gasteiger partial charge >= 0.3 is 0 Å². The van der Waals surface area contributed by atoms with Crippen LogP contribution in [0, 0.1) is 0 Å². The molecule has 2 aliphatic rings. The fourth-order valence-electron chi connectivity index (χ4n) is 5.75. The van der Waals surface area contributed by atoms with E-state index >= 15 is 0 Å². The average Bonchev–Trinajstić information content (AvgIpc) is 3.45. The van der Waals surface area contributed by atoms with Gasteiger partial charge in [0.2, 0.25) is 5.91 Å². The Hall–Kier alpha value is -4.08. The first-order valence-corrected chi connectivity index (χ1v) is 14.8. The zero-order valence-electron chi connectivity index (χ0n) is 24.4. The summed E-state index contributed by atoms with van der Waals surface area (Å²) in [6.07, 6.45) is 0.942. The van der Waals surface area contributed by atoms with Gasteiger partial charge in [0.05, 0.1) is 36.3 Å². The van der Waals surface area contributed by atoms with Gasteiger partial charge in [-0.25, -0.2) is 0 Å². The maximum Gasteiger partial charge on any atom is 0.251 e. The van der Waals surface area contributed by atoms with Gasteiger partial charge < -0.3 is 35.6 Å². The number of aliphatic hydroxyl groups is 1. The molecule has 0 spiro atoms. The molecule has 1 saturated heterocycles. The Morgan fingerprint density at radius 2 is 1.83 bits per heavy atom. The van der Waals surface area contributed by atoms with Crippen LogP contribution in [0.1, 0.15) is 41.3 Å². The molecule has 2 heterocycles. The van der Waals surface area contributed by atoms with Gasteiger partial charge in [0, 0.05) is 51.3 Å². The molecule has 3 aromatic rings. The number of ether oxygens (including phenoxy) is 1. The minimum atomic E-state index is -0.842. The largest absolute Gasteiger partial charge is 0.497 e. The molecule has 1 fully saturated rings. The van der Waals surface area contributed by atoms with Crippen LogP contribution in [0.15, 0.2) is 66.7 Å². The van der Waals surface area contributed by atoms with Gasteiger partial charge in [-0.1, -0.05) is 42.5 Å². The lowest BCUT2D eigenvalue weighted by molar-refractivity contribution is -0.117. The predicted molar refractivity (Wildman–Crippen MR) is 167 cm³/mol. The lowest BCUT2D eigenvalue weighted by Gasteiger charge is -2.34. The molecule has 2 aliphatic heterocycles. The minimum Gasteiger partial charge on any atom is -0.497 e. The van der Waals surface area contributed by atoms with Crippen LogP contribution in [0.4, 0.5) is 17.1 Å². The number of anilines is 3. The number of methoxy groups -OCH3 is 1. The Balaban J connectivity index is 1.37. The highest BCUT2D eigenvalue weighted by atomic mass is 16.5. The molecule has 2 unspecified atom stereocenters. The number of fused-ring (bicyclic) bond motifs is 1. The minimum absolute atomic E-state index is 0.0738. The van der Waals surface area contributed by atoms with Crippen molar-refractivity contribution >= 4 is 28.9 Å². The van der Waals surface area contributed by atoms with Crippen molar-refractivity contribution in [1.29, 1.82) is 0 Å². The molecule has 0 saturated carbocycles.